The summed E-state index contributed by atoms with van der Waals surface area (Å²) in [5.41, 5.74) is 1.00. The van der Waals surface area contributed by atoms with Crippen molar-refractivity contribution in [2.24, 2.45) is 5.92 Å². The molecule has 1 aliphatic rings. The second kappa shape index (κ2) is 9.17. The molecule has 0 aliphatic carbocycles. The van der Waals surface area contributed by atoms with Gasteiger partial charge in [0, 0.05) is 23.5 Å². The fourth-order valence-corrected chi connectivity index (χ4v) is 4.50. The summed E-state index contributed by atoms with van der Waals surface area (Å²) in [6.45, 7) is 5.28. The largest absolute Gasteiger partial charge is 0.483 e. The van der Waals surface area contributed by atoms with Gasteiger partial charge in [-0.25, -0.2) is 4.98 Å². The van der Waals surface area contributed by atoms with E-state index in [1.54, 1.807) is 18.2 Å². The van der Waals surface area contributed by atoms with E-state index in [2.05, 4.69) is 38.1 Å². The molecule has 1 aliphatic heterocycles. The van der Waals surface area contributed by atoms with E-state index in [1.807, 2.05) is 5.38 Å². The minimum atomic E-state index is -0.237. The maximum Gasteiger partial charge on any atom is 0.264 e. The number of likely N-dealkylation sites (tertiary alicyclic amines) is 1. The van der Waals surface area contributed by atoms with Crippen LogP contribution in [0.5, 0.6) is 5.75 Å². The lowest BCUT2D eigenvalue weighted by atomic mass is 10.0. The van der Waals surface area contributed by atoms with Crippen LogP contribution in [0.25, 0.3) is 0 Å². The Morgan fingerprint density at radius 1 is 1.54 bits per heavy atom. The van der Waals surface area contributed by atoms with Crippen molar-refractivity contribution < 1.29 is 9.53 Å². The van der Waals surface area contributed by atoms with Crippen molar-refractivity contribution in [2.45, 2.75) is 26.3 Å². The number of benzene rings is 1. The van der Waals surface area contributed by atoms with Crippen LogP contribution in [0, 0.1) is 5.92 Å². The SMILES string of the molecule is C[C@H]1CCCN(Cc2csc(NC(=O)COc3ccc(Cl)cc3Br)n2)C1. The van der Waals surface area contributed by atoms with E-state index in [0.717, 1.165) is 31.2 Å². The van der Waals surface area contributed by atoms with Crippen LogP contribution in [0.2, 0.25) is 5.02 Å². The first-order chi connectivity index (χ1) is 12.5. The molecule has 2 aromatic rings. The summed E-state index contributed by atoms with van der Waals surface area (Å²) in [5.74, 6) is 1.08. The number of hydrogen-bond donors (Lipinski definition) is 1. The summed E-state index contributed by atoms with van der Waals surface area (Å²) < 4.78 is 6.23. The van der Waals surface area contributed by atoms with Crippen LogP contribution in [0.3, 0.4) is 0 Å². The molecule has 1 N–H and O–H groups in total. The van der Waals surface area contributed by atoms with Gasteiger partial charge in [0.15, 0.2) is 11.7 Å². The standard InChI is InChI=1S/C18H21BrClN3O2S/c1-12-3-2-6-23(8-12)9-14-11-26-18(21-14)22-17(24)10-25-16-5-4-13(20)7-15(16)19/h4-5,7,11-12H,2-3,6,8-10H2,1H3,(H,21,22,24)/t12-/m0/s1. The first-order valence-corrected chi connectivity index (χ1v) is 10.6. The second-order valence-electron chi connectivity index (χ2n) is 6.54. The number of anilines is 1. The Balaban J connectivity index is 1.48. The first kappa shape index (κ1) is 19.6. The molecule has 0 saturated carbocycles. The van der Waals surface area contributed by atoms with Crippen molar-refractivity contribution in [3.05, 3.63) is 38.8 Å². The zero-order chi connectivity index (χ0) is 18.5. The quantitative estimate of drug-likeness (QED) is 0.675. The van der Waals surface area contributed by atoms with E-state index >= 15 is 0 Å². The number of amides is 1. The molecular formula is C18H21BrClN3O2S. The summed E-state index contributed by atoms with van der Waals surface area (Å²) in [6, 6.07) is 5.16. The highest BCUT2D eigenvalue weighted by atomic mass is 79.9. The molecule has 1 fully saturated rings. The number of ether oxygens (including phenoxy) is 1. The fraction of sp³-hybridized carbons (Fsp3) is 0.444. The van der Waals surface area contributed by atoms with Gasteiger partial charge in [-0.3, -0.25) is 15.0 Å². The monoisotopic (exact) mass is 457 g/mol. The highest BCUT2D eigenvalue weighted by Gasteiger charge is 2.17. The van der Waals surface area contributed by atoms with Gasteiger partial charge >= 0.3 is 0 Å². The number of aromatic nitrogens is 1. The Hall–Kier alpha value is -1.15. The number of thiazole rings is 1. The Bertz CT molecular complexity index is 771. The van der Waals surface area contributed by atoms with Gasteiger partial charge in [-0.1, -0.05) is 18.5 Å². The second-order valence-corrected chi connectivity index (χ2v) is 8.69. The highest BCUT2D eigenvalue weighted by molar-refractivity contribution is 9.10. The minimum absolute atomic E-state index is 0.0845. The van der Waals surface area contributed by atoms with Crippen LogP contribution in [0.15, 0.2) is 28.1 Å². The van der Waals surface area contributed by atoms with Gasteiger partial charge in [0.05, 0.1) is 10.2 Å². The lowest BCUT2D eigenvalue weighted by Gasteiger charge is -2.30. The van der Waals surface area contributed by atoms with Crippen molar-refractivity contribution in [1.29, 1.82) is 0 Å². The first-order valence-electron chi connectivity index (χ1n) is 8.54. The van der Waals surface area contributed by atoms with E-state index in [-0.39, 0.29) is 12.5 Å². The topological polar surface area (TPSA) is 54.5 Å². The Morgan fingerprint density at radius 3 is 3.15 bits per heavy atom. The Labute approximate surface area is 170 Å². The van der Waals surface area contributed by atoms with Crippen LogP contribution < -0.4 is 10.1 Å². The summed E-state index contributed by atoms with van der Waals surface area (Å²) >= 11 is 10.7. The number of halogens is 2. The molecule has 0 spiro atoms. The molecule has 5 nitrogen and oxygen atoms in total. The molecule has 0 radical (unpaired) electrons. The van der Waals surface area contributed by atoms with Crippen molar-refractivity contribution in [3.8, 4) is 5.75 Å². The normalized spacial score (nSPS) is 17.9. The molecule has 1 aromatic heterocycles. The number of carbonyl (C=O) groups is 1. The van der Waals surface area contributed by atoms with E-state index in [1.165, 1.54) is 24.2 Å². The van der Waals surface area contributed by atoms with Gasteiger partial charge in [0.25, 0.3) is 5.91 Å². The van der Waals surface area contributed by atoms with Gasteiger partial charge in [0.2, 0.25) is 0 Å². The molecule has 3 rings (SSSR count). The molecule has 0 unspecified atom stereocenters. The van der Waals surface area contributed by atoms with E-state index in [4.69, 9.17) is 16.3 Å². The van der Waals surface area contributed by atoms with Gasteiger partial charge in [-0.05, 0) is 59.4 Å². The number of carbonyl (C=O) groups excluding carboxylic acids is 1. The molecular weight excluding hydrogens is 438 g/mol. The fourth-order valence-electron chi connectivity index (χ4n) is 2.99. The smallest absolute Gasteiger partial charge is 0.264 e. The number of rotatable bonds is 6. The molecule has 1 saturated heterocycles. The summed E-state index contributed by atoms with van der Waals surface area (Å²) in [5, 5.41) is 6.01. The zero-order valence-electron chi connectivity index (χ0n) is 14.5. The zero-order valence-corrected chi connectivity index (χ0v) is 17.7. The van der Waals surface area contributed by atoms with E-state index in [0.29, 0.717) is 20.4 Å². The predicted molar refractivity (Wildman–Crippen MR) is 109 cm³/mol. The van der Waals surface area contributed by atoms with Crippen LogP contribution in [0.4, 0.5) is 5.13 Å². The maximum atomic E-state index is 12.1. The molecule has 2 heterocycles. The Morgan fingerprint density at radius 2 is 2.38 bits per heavy atom. The molecule has 1 aromatic carbocycles. The minimum Gasteiger partial charge on any atom is -0.483 e. The van der Waals surface area contributed by atoms with Gasteiger partial charge in [-0.15, -0.1) is 11.3 Å². The summed E-state index contributed by atoms with van der Waals surface area (Å²) in [4.78, 5) is 19.0. The third-order valence-electron chi connectivity index (χ3n) is 4.18. The molecule has 8 heteroatoms. The van der Waals surface area contributed by atoms with Gasteiger partial charge < -0.3 is 4.74 Å². The summed E-state index contributed by atoms with van der Waals surface area (Å²) in [7, 11) is 0. The average molecular weight is 459 g/mol. The van der Waals surface area contributed by atoms with Gasteiger partial charge in [-0.2, -0.15) is 0 Å². The highest BCUT2D eigenvalue weighted by Crippen LogP contribution is 2.28. The van der Waals surface area contributed by atoms with Crippen LogP contribution in [-0.2, 0) is 11.3 Å². The number of nitrogens with one attached hydrogen (secondary N) is 1. The third-order valence-corrected chi connectivity index (χ3v) is 5.84. The molecule has 140 valence electrons. The van der Waals surface area contributed by atoms with Crippen LogP contribution in [0.1, 0.15) is 25.5 Å². The van der Waals surface area contributed by atoms with Crippen molar-refractivity contribution in [1.82, 2.24) is 9.88 Å². The van der Waals surface area contributed by atoms with Crippen LogP contribution in [-0.4, -0.2) is 35.5 Å². The molecule has 0 bridgehead atoms. The lowest BCUT2D eigenvalue weighted by molar-refractivity contribution is -0.118. The van der Waals surface area contributed by atoms with Crippen molar-refractivity contribution in [2.75, 3.05) is 25.0 Å². The van der Waals surface area contributed by atoms with Crippen LogP contribution >= 0.6 is 38.9 Å². The molecule has 26 heavy (non-hydrogen) atoms. The lowest BCUT2D eigenvalue weighted by Crippen LogP contribution is -2.33. The maximum absolute atomic E-state index is 12.1. The summed E-state index contributed by atoms with van der Waals surface area (Å²) in [6.07, 6.45) is 2.55. The molecule has 1 atom stereocenters. The van der Waals surface area contributed by atoms with Crippen molar-refractivity contribution >= 4 is 49.9 Å². The van der Waals surface area contributed by atoms with E-state index < -0.39 is 0 Å². The predicted octanol–water partition coefficient (Wildman–Crippen LogP) is 4.81. The Kier molecular flexibility index (Phi) is 6.92. The third kappa shape index (κ3) is 5.67. The number of piperidine rings is 1. The van der Waals surface area contributed by atoms with Crippen molar-refractivity contribution in [3.63, 3.8) is 0 Å². The number of nitrogens with zero attached hydrogens (tertiary/aromatic N) is 2. The van der Waals surface area contributed by atoms with E-state index in [9.17, 15) is 4.79 Å². The average Bonchev–Trinajstić information content (AvgIpc) is 3.01. The van der Waals surface area contributed by atoms with Gasteiger partial charge in [0.1, 0.15) is 5.75 Å². The molecule has 1 amide bonds. The number of hydrogen-bond acceptors (Lipinski definition) is 5.